The molecule has 8 heteroatoms. The Hall–Kier alpha value is -3.34. The normalized spacial score (nSPS) is 23.8. The molecule has 0 spiro atoms. The van der Waals surface area contributed by atoms with E-state index in [1.807, 2.05) is 20.8 Å². The van der Waals surface area contributed by atoms with E-state index in [0.29, 0.717) is 16.6 Å². The summed E-state index contributed by atoms with van der Waals surface area (Å²) in [5.41, 5.74) is 0.714. The molecule has 3 fully saturated rings. The predicted octanol–water partition coefficient (Wildman–Crippen LogP) is 5.38. The molecule has 2 N–H and O–H groups in total. The molecule has 0 saturated heterocycles. The highest BCUT2D eigenvalue weighted by atomic mass is 19.1. The van der Waals surface area contributed by atoms with Gasteiger partial charge in [0.1, 0.15) is 11.5 Å². The van der Waals surface area contributed by atoms with Gasteiger partial charge in [-0.3, -0.25) is 4.79 Å². The van der Waals surface area contributed by atoms with Crippen LogP contribution in [0.5, 0.6) is 0 Å². The molecule has 0 radical (unpaired) electrons. The number of pyridine rings is 1. The highest BCUT2D eigenvalue weighted by molar-refractivity contribution is 5.91. The summed E-state index contributed by atoms with van der Waals surface area (Å²) in [6, 6.07) is 1.33. The first-order valence-electron chi connectivity index (χ1n) is 12.1. The van der Waals surface area contributed by atoms with Crippen molar-refractivity contribution in [2.45, 2.75) is 52.9 Å². The molecule has 182 valence electrons. The van der Waals surface area contributed by atoms with Crippen LogP contribution in [-0.4, -0.2) is 31.0 Å². The Morgan fingerprint density at radius 3 is 2.57 bits per heavy atom. The molecule has 0 amide bonds. The van der Waals surface area contributed by atoms with E-state index in [4.69, 9.17) is 0 Å². The maximum absolute atomic E-state index is 15.7. The molecule has 3 aliphatic rings. The van der Waals surface area contributed by atoms with Crippen LogP contribution in [0.25, 0.3) is 22.4 Å². The van der Waals surface area contributed by atoms with Crippen molar-refractivity contribution in [3.63, 3.8) is 0 Å². The van der Waals surface area contributed by atoms with Crippen molar-refractivity contribution in [3.05, 3.63) is 41.5 Å². The van der Waals surface area contributed by atoms with Crippen LogP contribution in [0, 0.1) is 52.6 Å². The van der Waals surface area contributed by atoms with Crippen molar-refractivity contribution in [1.29, 1.82) is 0 Å². The molecule has 35 heavy (non-hydrogen) atoms. The summed E-state index contributed by atoms with van der Waals surface area (Å²) in [5.74, 6) is 3.84. The quantitative estimate of drug-likeness (QED) is 0.492. The molecule has 3 aromatic rings. The van der Waals surface area contributed by atoms with Crippen molar-refractivity contribution in [2.24, 2.45) is 29.1 Å². The zero-order valence-corrected chi connectivity index (χ0v) is 20.0. The van der Waals surface area contributed by atoms with E-state index in [-0.39, 0.29) is 46.8 Å². The monoisotopic (exact) mass is 478 g/mol. The van der Waals surface area contributed by atoms with Gasteiger partial charge >= 0.3 is 5.97 Å². The molecule has 6 rings (SSSR count). The van der Waals surface area contributed by atoms with E-state index < -0.39 is 23.5 Å². The first kappa shape index (κ1) is 23.4. The van der Waals surface area contributed by atoms with Crippen molar-refractivity contribution in [3.8, 4) is 23.2 Å². The van der Waals surface area contributed by atoms with Crippen molar-refractivity contribution >= 4 is 17.0 Å². The molecule has 0 unspecified atom stereocenters. The summed E-state index contributed by atoms with van der Waals surface area (Å²) in [7, 11) is 0. The van der Waals surface area contributed by atoms with Gasteiger partial charge in [0.2, 0.25) is 0 Å². The third-order valence-electron chi connectivity index (χ3n) is 7.32. The lowest BCUT2D eigenvalue weighted by atomic mass is 9.57. The van der Waals surface area contributed by atoms with Gasteiger partial charge in [-0.2, -0.15) is 0 Å². The molecule has 0 aromatic carbocycles. The van der Waals surface area contributed by atoms with Gasteiger partial charge in [-0.05, 0) is 82.6 Å². The van der Waals surface area contributed by atoms with Gasteiger partial charge in [-0.25, -0.2) is 23.7 Å². The number of halogens is 2. The highest BCUT2D eigenvalue weighted by Gasteiger charge is 2.47. The fraction of sp³-hybridized carbons (Fsp3) is 0.481. The summed E-state index contributed by atoms with van der Waals surface area (Å²) in [6.07, 6.45) is 6.68. The Morgan fingerprint density at radius 2 is 1.89 bits per heavy atom. The molecule has 3 aliphatic carbocycles. The van der Waals surface area contributed by atoms with Gasteiger partial charge in [0.25, 0.3) is 0 Å². The summed E-state index contributed by atoms with van der Waals surface area (Å²) in [6.45, 7) is 5.77. The van der Waals surface area contributed by atoms with Crippen LogP contribution in [0.3, 0.4) is 0 Å². The van der Waals surface area contributed by atoms with Crippen LogP contribution < -0.4 is 0 Å². The standard InChI is InChI=1S/C27H28F2N4O2/c1-27(2,3)9-8-20-23(29)21(11-17-14-4-6-15(7-5-14)22(17)26(34)35)33-25(32-20)19-13-31-24-18(19)10-16(28)12-30-24/h10,12-15,17,22H,4-7,11H2,1-3H3,(H,30,31)(H,34,35)/t14?,15?,17-,22-/m0/s1. The van der Waals surface area contributed by atoms with Gasteiger partial charge in [0.05, 0.1) is 17.8 Å². The number of hydrogen-bond donors (Lipinski definition) is 2. The van der Waals surface area contributed by atoms with Gasteiger partial charge in [0.15, 0.2) is 17.3 Å². The molecular formula is C27H28F2N4O2. The first-order valence-corrected chi connectivity index (χ1v) is 12.1. The number of rotatable bonds is 4. The molecule has 2 bridgehead atoms. The second-order valence-electron chi connectivity index (χ2n) is 10.8. The number of carboxylic acids is 1. The zero-order valence-electron chi connectivity index (χ0n) is 20.0. The molecule has 3 saturated carbocycles. The van der Waals surface area contributed by atoms with Gasteiger partial charge in [0, 0.05) is 22.6 Å². The molecule has 3 aromatic heterocycles. The minimum atomic E-state index is -0.815. The number of hydrogen-bond acceptors (Lipinski definition) is 4. The minimum Gasteiger partial charge on any atom is -0.481 e. The second-order valence-corrected chi connectivity index (χ2v) is 10.8. The summed E-state index contributed by atoms with van der Waals surface area (Å²) in [5, 5.41) is 10.4. The fourth-order valence-corrected chi connectivity index (χ4v) is 5.72. The number of H-pyrrole nitrogens is 1. The number of carbonyl (C=O) groups is 1. The van der Waals surface area contributed by atoms with E-state index in [1.165, 1.54) is 6.07 Å². The van der Waals surface area contributed by atoms with Gasteiger partial charge in [-0.15, -0.1) is 0 Å². The van der Waals surface area contributed by atoms with Crippen LogP contribution in [-0.2, 0) is 11.2 Å². The lowest BCUT2D eigenvalue weighted by Crippen LogP contribution is -2.45. The first-order chi connectivity index (χ1) is 16.6. The number of nitrogens with one attached hydrogen (secondary N) is 1. The van der Waals surface area contributed by atoms with Crippen molar-refractivity contribution in [1.82, 2.24) is 19.9 Å². The molecule has 0 aliphatic heterocycles. The number of nitrogens with zero attached hydrogens (tertiary/aromatic N) is 3. The molecule has 3 heterocycles. The number of aliphatic carboxylic acids is 1. The number of aromatic amines is 1. The fourth-order valence-electron chi connectivity index (χ4n) is 5.72. The minimum absolute atomic E-state index is 0.0357. The second kappa shape index (κ2) is 8.71. The van der Waals surface area contributed by atoms with E-state index in [1.54, 1.807) is 6.20 Å². The SMILES string of the molecule is CC(C)(C)C#Cc1nc(-c2c[nH]c3ncc(F)cc23)nc(C[C@H]2C3CCC(CC3)[C@@H]2C(=O)O)c1F. The zero-order chi connectivity index (χ0) is 24.9. The van der Waals surface area contributed by atoms with Crippen LogP contribution in [0.4, 0.5) is 8.78 Å². The average Bonchev–Trinajstić information content (AvgIpc) is 3.22. The van der Waals surface area contributed by atoms with Gasteiger partial charge < -0.3 is 10.1 Å². The Balaban J connectivity index is 1.63. The number of carboxylic acid groups (broad SMARTS) is 1. The third kappa shape index (κ3) is 4.52. The Bertz CT molecular complexity index is 1360. The maximum atomic E-state index is 15.7. The summed E-state index contributed by atoms with van der Waals surface area (Å²) in [4.78, 5) is 28.1. The molecule has 6 nitrogen and oxygen atoms in total. The number of aromatic nitrogens is 4. The van der Waals surface area contributed by atoms with Gasteiger partial charge in [-0.1, -0.05) is 5.92 Å². The van der Waals surface area contributed by atoms with Crippen molar-refractivity contribution < 1.29 is 18.7 Å². The molecule has 2 atom stereocenters. The summed E-state index contributed by atoms with van der Waals surface area (Å²) < 4.78 is 29.7. The van der Waals surface area contributed by atoms with E-state index in [9.17, 15) is 14.3 Å². The third-order valence-corrected chi connectivity index (χ3v) is 7.32. The van der Waals surface area contributed by atoms with E-state index in [0.717, 1.165) is 31.9 Å². The van der Waals surface area contributed by atoms with Crippen LogP contribution in [0.2, 0.25) is 0 Å². The Morgan fingerprint density at radius 1 is 1.17 bits per heavy atom. The maximum Gasteiger partial charge on any atom is 0.307 e. The lowest BCUT2D eigenvalue weighted by molar-refractivity contribution is -0.152. The Kier molecular flexibility index (Phi) is 5.82. The van der Waals surface area contributed by atoms with Crippen molar-refractivity contribution in [2.75, 3.05) is 0 Å². The molecular weight excluding hydrogens is 450 g/mol. The smallest absolute Gasteiger partial charge is 0.307 e. The van der Waals surface area contributed by atoms with Crippen LogP contribution in [0.15, 0.2) is 18.5 Å². The lowest BCUT2D eigenvalue weighted by Gasteiger charge is -2.46. The largest absolute Gasteiger partial charge is 0.481 e. The topological polar surface area (TPSA) is 91.8 Å². The highest BCUT2D eigenvalue weighted by Crippen LogP contribution is 2.50. The van der Waals surface area contributed by atoms with Crippen LogP contribution >= 0.6 is 0 Å². The average molecular weight is 479 g/mol. The number of fused-ring (bicyclic) bond motifs is 4. The Labute approximate surface area is 202 Å². The summed E-state index contributed by atoms with van der Waals surface area (Å²) >= 11 is 0. The van der Waals surface area contributed by atoms with E-state index in [2.05, 4.69) is 31.8 Å². The predicted molar refractivity (Wildman–Crippen MR) is 127 cm³/mol. The van der Waals surface area contributed by atoms with Crippen LogP contribution in [0.1, 0.15) is 57.8 Å². The van der Waals surface area contributed by atoms with E-state index >= 15 is 4.39 Å².